The van der Waals surface area contributed by atoms with Gasteiger partial charge < -0.3 is 123 Å². The number of amides is 14. The number of primary amides is 1. The molecule has 668 valence electrons. The summed E-state index contributed by atoms with van der Waals surface area (Å²) < 4.78 is 27.3. The molecule has 0 radical (unpaired) electrons. The second-order valence-corrected chi connectivity index (χ2v) is 32.8. The fraction of sp³-hybridized carbons (Fsp3) is 0.474. The van der Waals surface area contributed by atoms with E-state index in [9.17, 15) is 86.4 Å². The maximum Gasteiger partial charge on any atom is 0.327 e. The number of aromatic amines is 1. The molecule has 2 unspecified atom stereocenters. The zero-order valence-corrected chi connectivity index (χ0v) is 69.9. The summed E-state index contributed by atoms with van der Waals surface area (Å²) in [5.74, 6) is -18.1. The monoisotopic (exact) mass is 1760 g/mol. The lowest BCUT2D eigenvalue weighted by Gasteiger charge is -2.29. The van der Waals surface area contributed by atoms with Crippen molar-refractivity contribution < 1.29 is 105 Å². The number of nitrogens with one attached hydrogen (secondary N) is 14. The predicted molar refractivity (Wildman–Crippen MR) is 450 cm³/mol. The van der Waals surface area contributed by atoms with Crippen molar-refractivity contribution in [3.05, 3.63) is 144 Å². The van der Waals surface area contributed by atoms with Crippen molar-refractivity contribution in [2.75, 3.05) is 50.0 Å². The first-order valence-electron chi connectivity index (χ1n) is 39.1. The zero-order chi connectivity index (χ0) is 90.2. The van der Waals surface area contributed by atoms with Crippen molar-refractivity contribution >= 4 is 131 Å². The van der Waals surface area contributed by atoms with Gasteiger partial charge in [0.05, 0.1) is 43.6 Å². The highest BCUT2D eigenvalue weighted by molar-refractivity contribution is 8.76. The van der Waals surface area contributed by atoms with E-state index in [0.717, 1.165) is 35.4 Å². The van der Waals surface area contributed by atoms with Gasteiger partial charge in [-0.05, 0) is 101 Å². The lowest BCUT2D eigenvalue weighted by Crippen LogP contribution is -2.63. The van der Waals surface area contributed by atoms with Crippen molar-refractivity contribution in [3.63, 3.8) is 0 Å². The smallest absolute Gasteiger partial charge is 0.327 e. The van der Waals surface area contributed by atoms with Gasteiger partial charge in [-0.1, -0.05) is 131 Å². The fourth-order valence-corrected chi connectivity index (χ4v) is 14.7. The Hall–Kier alpha value is -11.2. The minimum Gasteiger partial charge on any atom is -0.480 e. The van der Waals surface area contributed by atoms with E-state index in [0.29, 0.717) is 39.6 Å². The van der Waals surface area contributed by atoms with E-state index in [2.05, 4.69) is 74.1 Å². The first-order chi connectivity index (χ1) is 57.9. The number of aliphatic carboxylic acids is 1. The minimum atomic E-state index is -3.80. The summed E-state index contributed by atoms with van der Waals surface area (Å²) in [6.45, 7) is 1.85. The first-order valence-corrected chi connectivity index (χ1v) is 43.2. The van der Waals surface area contributed by atoms with Crippen LogP contribution in [0.3, 0.4) is 0 Å². The largest absolute Gasteiger partial charge is 0.480 e. The Kier molecular flexibility index (Phi) is 43.4. The molecule has 6 rings (SSSR count). The molecule has 5 aromatic rings. The maximum atomic E-state index is 15.4. The van der Waals surface area contributed by atoms with Gasteiger partial charge in [0.1, 0.15) is 72.5 Å². The third kappa shape index (κ3) is 35.5. The van der Waals surface area contributed by atoms with Gasteiger partial charge in [0.25, 0.3) is 10.1 Å². The van der Waals surface area contributed by atoms with Gasteiger partial charge >= 0.3 is 5.97 Å². The Morgan fingerprint density at radius 2 is 0.869 bits per heavy atom. The van der Waals surface area contributed by atoms with Crippen molar-refractivity contribution in [1.82, 2.24) is 74.1 Å². The normalized spacial score (nSPS) is 23.1. The van der Waals surface area contributed by atoms with Crippen molar-refractivity contribution in [1.29, 1.82) is 0 Å². The summed E-state index contributed by atoms with van der Waals surface area (Å²) in [6, 6.07) is 9.57. The third-order valence-electron chi connectivity index (χ3n) is 18.6. The van der Waals surface area contributed by atoms with Crippen molar-refractivity contribution in [3.8, 4) is 0 Å². The van der Waals surface area contributed by atoms with E-state index in [4.69, 9.17) is 33.2 Å². The molecular weight excluding hydrogens is 1650 g/mol. The number of hydrogen-bond acceptors (Lipinski definition) is 26. The van der Waals surface area contributed by atoms with Crippen LogP contribution in [0.1, 0.15) is 88.0 Å². The summed E-state index contributed by atoms with van der Waals surface area (Å²) in [4.78, 5) is 217. The number of unbranched alkanes of at least 4 members (excludes halogenated alkanes) is 2. The molecule has 122 heavy (non-hydrogen) atoms. The highest BCUT2D eigenvalue weighted by Gasteiger charge is 2.40. The summed E-state index contributed by atoms with van der Waals surface area (Å²) in [7, 11) is -2.31. The fourth-order valence-electron chi connectivity index (χ4n) is 12.1. The Labute approximate surface area is 711 Å². The molecule has 1 aromatic heterocycles. The number of benzene rings is 4. The molecular formula is C78H111N19O22S3. The molecule has 0 spiro atoms. The van der Waals surface area contributed by atoms with E-state index in [1.54, 1.807) is 121 Å². The van der Waals surface area contributed by atoms with Gasteiger partial charge in [-0.3, -0.25) is 71.7 Å². The van der Waals surface area contributed by atoms with Crippen LogP contribution in [-0.4, -0.2) is 268 Å². The second kappa shape index (κ2) is 52.2. The van der Waals surface area contributed by atoms with Crippen LogP contribution in [0, 0.1) is 0 Å². The quantitative estimate of drug-likeness (QED) is 0.0126. The molecule has 2 heterocycles. The molecule has 44 heteroatoms. The number of aliphatic hydroxyl groups is 3. The van der Waals surface area contributed by atoms with Crippen LogP contribution in [0.5, 0.6) is 0 Å². The summed E-state index contributed by atoms with van der Waals surface area (Å²) >= 11 is 0. The van der Waals surface area contributed by atoms with Crippen LogP contribution in [-0.2, 0) is 108 Å². The third-order valence-corrected chi connectivity index (χ3v) is 21.8. The molecule has 4 aromatic carbocycles. The average molecular weight is 1760 g/mol. The van der Waals surface area contributed by atoms with E-state index in [-0.39, 0.29) is 83.2 Å². The number of aliphatic hydroxyl groups excluding tert-OH is 3. The molecule has 41 nitrogen and oxygen atoms in total. The van der Waals surface area contributed by atoms with Gasteiger partial charge in [-0.25, -0.2) is 4.79 Å². The minimum absolute atomic E-state index is 0.0289. The van der Waals surface area contributed by atoms with E-state index < -0.39 is 221 Å². The number of para-hydroxylation sites is 1. The van der Waals surface area contributed by atoms with Crippen LogP contribution in [0.2, 0.25) is 0 Å². The van der Waals surface area contributed by atoms with Gasteiger partial charge in [0.2, 0.25) is 82.7 Å². The molecule has 1 aliphatic heterocycles. The van der Waals surface area contributed by atoms with Gasteiger partial charge in [0.15, 0.2) is 0 Å². The molecule has 29 N–H and O–H groups in total. The maximum absolute atomic E-state index is 15.4. The number of hydrogen-bond donors (Lipinski definition) is 24. The number of aromatic nitrogens is 1. The zero-order valence-electron chi connectivity index (χ0n) is 67.4. The molecule has 15 atom stereocenters. The lowest BCUT2D eigenvalue weighted by molar-refractivity contribution is -0.142. The van der Waals surface area contributed by atoms with Gasteiger partial charge in [0, 0.05) is 60.8 Å². The molecule has 1 saturated heterocycles. The summed E-state index contributed by atoms with van der Waals surface area (Å²) in [5, 5.41) is 76.1. The van der Waals surface area contributed by atoms with Crippen LogP contribution in [0.15, 0.2) is 121 Å². The SMILES string of the molecule is CC(O)[C@@H]1NC(=O)[C@H](Cc2ccccc2)NC(=O)[C@H](C(C)O)NC(=O)[C@H](CCCCN)NC(=O)[C@H](Cc2c[nH]c3ccccc23)NC(=O)[C@H](Cc2ccccc2)NC(=O)[C@H](Cc2ccccc2)NC(=O)[C@H](CC(N)=O)NC(=O)[C@H](CCCCN)NC(=O)[C@@H](NC(=O)CNC(=O)[C@H](C)N)CSSC[C@@H](C(=O)O)NC(=O)[C@H](CO)NC1=O.NCCS(=O)(=O)O. The van der Waals surface area contributed by atoms with Crippen LogP contribution >= 0.6 is 21.6 Å². The molecule has 1 aliphatic rings. The number of H-pyrrole nitrogens is 1. The van der Waals surface area contributed by atoms with E-state index >= 15 is 14.4 Å². The van der Waals surface area contributed by atoms with Gasteiger partial charge in [-0.15, -0.1) is 0 Å². The van der Waals surface area contributed by atoms with E-state index in [1.807, 2.05) is 0 Å². The number of rotatable bonds is 28. The van der Waals surface area contributed by atoms with Crippen molar-refractivity contribution in [2.45, 2.75) is 182 Å². The number of fused-ring (bicyclic) bond motifs is 1. The van der Waals surface area contributed by atoms with Crippen LogP contribution in [0.4, 0.5) is 0 Å². The Bertz CT molecular complexity index is 4440. The number of nitrogens with two attached hydrogens (primary N) is 5. The summed E-state index contributed by atoms with van der Waals surface area (Å²) in [5.41, 5.74) is 30.4. The highest BCUT2D eigenvalue weighted by Crippen LogP contribution is 2.25. The topological polar surface area (TPSA) is 694 Å². The molecule has 14 amide bonds. The molecule has 0 aliphatic carbocycles. The lowest BCUT2D eigenvalue weighted by atomic mass is 10.00. The standard InChI is InChI=1S/C76H104N18O19S2.C2H7NO3S/c1-41(79)64(100)82-37-61(99)83-58-39-114-115-40-59(76(112)113)92-72(108)57(38-95)91-75(111)63(43(3)97)94-71(107)54(33-46-23-11-6-12-24-46)90-74(110)62(42(2)96)93-66(102)51(28-16-18-30-78)84-69(105)55(34-47-36-81-49-26-14-13-25-48(47)49)88-68(104)53(32-45-21-9-5-10-22-45)86-67(103)52(31-44-19-7-4-8-20-44)87-70(106)56(35-60(80)98)89-65(101)50(85-73(58)109)27-15-17-29-77;3-1-2-7(4,5)6/h4-14,19-26,36,41-43,50-59,62-63,81,95-97H,15-18,27-35,37-40,77-79H2,1-3H3,(H2,80,98)(H,82,100)(H,83,99)(H,84,105)(H,85,109)(H,86,103)(H,87,106)(H,88,104)(H,89,101)(H,90,110)(H,91,111)(H,92,108)(H,93,102)(H,94,107)(H,112,113);1-3H2,(H,4,5,6)/t41-,42?,43?,50-,51-,52-,53-,54-,55-,56-,57-,58-,59-,62-,63-;/m0./s1. The van der Waals surface area contributed by atoms with Crippen molar-refractivity contribution in [2.24, 2.45) is 28.7 Å². The average Bonchev–Trinajstić information content (AvgIpc) is 1.71. The molecule has 0 saturated carbocycles. The Balaban J connectivity index is 0.00000361. The Morgan fingerprint density at radius 3 is 1.30 bits per heavy atom. The summed E-state index contributed by atoms with van der Waals surface area (Å²) in [6.07, 6.45) is -3.48. The van der Waals surface area contributed by atoms with Gasteiger partial charge in [-0.2, -0.15) is 8.42 Å². The van der Waals surface area contributed by atoms with Crippen LogP contribution in [0.25, 0.3) is 10.9 Å². The van der Waals surface area contributed by atoms with E-state index in [1.165, 1.54) is 6.92 Å². The predicted octanol–water partition coefficient (Wildman–Crippen LogP) is -6.08. The number of carbonyl (C=O) groups is 15. The highest BCUT2D eigenvalue weighted by atomic mass is 33.1. The molecule has 0 bridgehead atoms. The number of carboxylic acids is 1. The second-order valence-electron chi connectivity index (χ2n) is 28.7. The first kappa shape index (κ1) is 101. The molecule has 1 fully saturated rings. The number of carbonyl (C=O) groups excluding carboxylic acids is 14. The Morgan fingerprint density at radius 1 is 0.484 bits per heavy atom. The van der Waals surface area contributed by atoms with Crippen LogP contribution < -0.4 is 97.8 Å². The number of carboxylic acid groups (broad SMARTS) is 1.